The minimum Gasteiger partial charge on any atom is -0.461 e. The van der Waals surface area contributed by atoms with E-state index in [1.54, 1.807) is 0 Å². The Balaban J connectivity index is 1.85. The summed E-state index contributed by atoms with van der Waals surface area (Å²) in [6.45, 7) is 2.21. The predicted molar refractivity (Wildman–Crippen MR) is 67.5 cm³/mol. The zero-order valence-electron chi connectivity index (χ0n) is 10.9. The van der Waals surface area contributed by atoms with Gasteiger partial charge in [0.15, 0.2) is 0 Å². The average Bonchev–Trinajstić information content (AvgIpc) is 2.83. The van der Waals surface area contributed by atoms with Crippen LogP contribution in [-0.4, -0.2) is 17.6 Å². The molecule has 2 aliphatic rings. The molecule has 2 rings (SSSR count). The Morgan fingerprint density at radius 2 is 1.82 bits per heavy atom. The van der Waals surface area contributed by atoms with Crippen LogP contribution in [0.1, 0.15) is 64.7 Å². The number of carbonyl (C=O) groups is 1. The van der Waals surface area contributed by atoms with E-state index in [4.69, 9.17) is 10.5 Å². The van der Waals surface area contributed by atoms with E-state index in [9.17, 15) is 4.79 Å². The van der Waals surface area contributed by atoms with Crippen LogP contribution in [0.4, 0.5) is 0 Å². The fourth-order valence-corrected chi connectivity index (χ4v) is 3.08. The maximum absolute atomic E-state index is 12.1. The molecule has 0 spiro atoms. The van der Waals surface area contributed by atoms with Gasteiger partial charge in [0.1, 0.15) is 11.6 Å². The van der Waals surface area contributed by atoms with Gasteiger partial charge in [0, 0.05) is 0 Å². The Morgan fingerprint density at radius 3 is 2.35 bits per heavy atom. The third-order valence-electron chi connectivity index (χ3n) is 4.56. The first-order chi connectivity index (χ1) is 8.14. The Bertz CT molecular complexity index is 263. The molecule has 2 saturated carbocycles. The summed E-state index contributed by atoms with van der Waals surface area (Å²) in [6, 6.07) is 0. The molecule has 3 heteroatoms. The minimum atomic E-state index is -0.686. The largest absolute Gasteiger partial charge is 0.461 e. The summed E-state index contributed by atoms with van der Waals surface area (Å²) in [5, 5.41) is 0. The van der Waals surface area contributed by atoms with Gasteiger partial charge in [-0.1, -0.05) is 13.3 Å². The minimum absolute atomic E-state index is 0.140. The van der Waals surface area contributed by atoms with Gasteiger partial charge in [0.2, 0.25) is 0 Å². The molecule has 0 aliphatic heterocycles. The van der Waals surface area contributed by atoms with E-state index in [0.717, 1.165) is 44.4 Å². The molecule has 2 N–H and O–H groups in total. The quantitative estimate of drug-likeness (QED) is 0.770. The van der Waals surface area contributed by atoms with Crippen LogP contribution in [0.2, 0.25) is 0 Å². The van der Waals surface area contributed by atoms with E-state index >= 15 is 0 Å². The summed E-state index contributed by atoms with van der Waals surface area (Å²) >= 11 is 0. The lowest BCUT2D eigenvalue weighted by Gasteiger charge is -2.35. The summed E-state index contributed by atoms with van der Waals surface area (Å²) in [7, 11) is 0. The Kier molecular flexibility index (Phi) is 4.08. The highest BCUT2D eigenvalue weighted by atomic mass is 16.5. The smallest absolute Gasteiger partial charge is 0.326 e. The second-order valence-electron chi connectivity index (χ2n) is 5.82. The SMILES string of the molecule is CCC1CCC(N)(C(=O)OC2CCCC2)CC1. The van der Waals surface area contributed by atoms with Crippen LogP contribution in [0.3, 0.4) is 0 Å². The molecule has 2 aliphatic carbocycles. The molecule has 0 saturated heterocycles. The predicted octanol–water partition coefficient (Wildman–Crippen LogP) is 2.77. The maximum atomic E-state index is 12.1. The molecule has 3 nitrogen and oxygen atoms in total. The Labute approximate surface area is 104 Å². The summed E-state index contributed by atoms with van der Waals surface area (Å²) in [6.07, 6.45) is 9.54. The third-order valence-corrected chi connectivity index (χ3v) is 4.56. The van der Waals surface area contributed by atoms with E-state index in [1.807, 2.05) is 0 Å². The van der Waals surface area contributed by atoms with E-state index < -0.39 is 5.54 Å². The number of carbonyl (C=O) groups excluding carboxylic acids is 1. The summed E-state index contributed by atoms with van der Waals surface area (Å²) in [5.74, 6) is 0.616. The first-order valence-corrected chi connectivity index (χ1v) is 7.14. The molecule has 98 valence electrons. The topological polar surface area (TPSA) is 52.3 Å². The number of ether oxygens (including phenoxy) is 1. The standard InChI is InChI=1S/C14H25NO2/c1-2-11-7-9-14(15,10-8-11)13(16)17-12-5-3-4-6-12/h11-12H,2-10,15H2,1H3. The van der Waals surface area contributed by atoms with E-state index in [-0.39, 0.29) is 12.1 Å². The summed E-state index contributed by atoms with van der Waals surface area (Å²) in [4.78, 5) is 12.1. The van der Waals surface area contributed by atoms with Crippen molar-refractivity contribution in [1.82, 2.24) is 0 Å². The zero-order valence-corrected chi connectivity index (χ0v) is 10.9. The van der Waals surface area contributed by atoms with Gasteiger partial charge in [-0.3, -0.25) is 4.79 Å². The number of nitrogens with two attached hydrogens (primary N) is 1. The van der Waals surface area contributed by atoms with Crippen LogP contribution in [0.25, 0.3) is 0 Å². The normalized spacial score (nSPS) is 34.8. The molecule has 0 atom stereocenters. The van der Waals surface area contributed by atoms with Crippen LogP contribution >= 0.6 is 0 Å². The molecule has 0 heterocycles. The Hall–Kier alpha value is -0.570. The van der Waals surface area contributed by atoms with Crippen LogP contribution in [0.5, 0.6) is 0 Å². The van der Waals surface area contributed by atoms with Crippen LogP contribution in [0.15, 0.2) is 0 Å². The van der Waals surface area contributed by atoms with E-state index in [1.165, 1.54) is 19.3 Å². The number of hydrogen-bond donors (Lipinski definition) is 1. The first-order valence-electron chi connectivity index (χ1n) is 7.14. The Morgan fingerprint density at radius 1 is 1.24 bits per heavy atom. The molecule has 0 amide bonds. The van der Waals surface area contributed by atoms with Crippen molar-refractivity contribution < 1.29 is 9.53 Å². The highest BCUT2D eigenvalue weighted by molar-refractivity contribution is 5.80. The molecule has 0 unspecified atom stereocenters. The summed E-state index contributed by atoms with van der Waals surface area (Å²) < 4.78 is 5.56. The zero-order chi connectivity index (χ0) is 12.3. The second-order valence-corrected chi connectivity index (χ2v) is 5.82. The van der Waals surface area contributed by atoms with Crippen LogP contribution < -0.4 is 5.73 Å². The number of rotatable bonds is 3. The van der Waals surface area contributed by atoms with Crippen molar-refractivity contribution in [2.24, 2.45) is 11.7 Å². The van der Waals surface area contributed by atoms with Crippen molar-refractivity contribution in [1.29, 1.82) is 0 Å². The van der Waals surface area contributed by atoms with Crippen molar-refractivity contribution in [2.75, 3.05) is 0 Å². The van der Waals surface area contributed by atoms with Gasteiger partial charge in [-0.25, -0.2) is 0 Å². The van der Waals surface area contributed by atoms with Crippen molar-refractivity contribution in [2.45, 2.75) is 76.4 Å². The molecular formula is C14H25NO2. The fourth-order valence-electron chi connectivity index (χ4n) is 3.08. The van der Waals surface area contributed by atoms with Gasteiger partial charge in [-0.05, 0) is 57.3 Å². The van der Waals surface area contributed by atoms with Gasteiger partial charge in [0.25, 0.3) is 0 Å². The highest BCUT2D eigenvalue weighted by Crippen LogP contribution is 2.34. The lowest BCUT2D eigenvalue weighted by Crippen LogP contribution is -2.52. The molecule has 0 aromatic carbocycles. The van der Waals surface area contributed by atoms with Gasteiger partial charge < -0.3 is 10.5 Å². The molecular weight excluding hydrogens is 214 g/mol. The summed E-state index contributed by atoms with van der Waals surface area (Å²) in [5.41, 5.74) is 5.54. The van der Waals surface area contributed by atoms with Crippen molar-refractivity contribution in [3.63, 3.8) is 0 Å². The average molecular weight is 239 g/mol. The fraction of sp³-hybridized carbons (Fsp3) is 0.929. The van der Waals surface area contributed by atoms with Gasteiger partial charge in [-0.15, -0.1) is 0 Å². The van der Waals surface area contributed by atoms with Crippen molar-refractivity contribution >= 4 is 5.97 Å². The number of esters is 1. The van der Waals surface area contributed by atoms with Crippen molar-refractivity contribution in [3.05, 3.63) is 0 Å². The second kappa shape index (κ2) is 5.38. The lowest BCUT2D eigenvalue weighted by molar-refractivity contribution is -0.157. The van der Waals surface area contributed by atoms with Crippen LogP contribution in [0, 0.1) is 5.92 Å². The van der Waals surface area contributed by atoms with E-state index in [0.29, 0.717) is 0 Å². The lowest BCUT2D eigenvalue weighted by atomic mass is 9.76. The molecule has 0 aromatic heterocycles. The highest BCUT2D eigenvalue weighted by Gasteiger charge is 2.40. The monoisotopic (exact) mass is 239 g/mol. The van der Waals surface area contributed by atoms with E-state index in [2.05, 4.69) is 6.92 Å². The van der Waals surface area contributed by atoms with Gasteiger partial charge in [0.05, 0.1) is 0 Å². The maximum Gasteiger partial charge on any atom is 0.326 e. The first kappa shape index (κ1) is 12.9. The van der Waals surface area contributed by atoms with Gasteiger partial charge in [-0.2, -0.15) is 0 Å². The third kappa shape index (κ3) is 3.01. The molecule has 0 bridgehead atoms. The number of hydrogen-bond acceptors (Lipinski definition) is 3. The molecule has 17 heavy (non-hydrogen) atoms. The van der Waals surface area contributed by atoms with Gasteiger partial charge >= 0.3 is 5.97 Å². The molecule has 0 aromatic rings. The molecule has 2 fully saturated rings. The molecule has 0 radical (unpaired) electrons. The van der Waals surface area contributed by atoms with Crippen LogP contribution in [-0.2, 0) is 9.53 Å². The van der Waals surface area contributed by atoms with Crippen molar-refractivity contribution in [3.8, 4) is 0 Å².